The van der Waals surface area contributed by atoms with Gasteiger partial charge in [-0.1, -0.05) is 29.8 Å². The minimum absolute atomic E-state index is 0.0516. The third kappa shape index (κ3) is 3.57. The lowest BCUT2D eigenvalue weighted by molar-refractivity contribution is 0.0526. The van der Waals surface area contributed by atoms with Crippen LogP contribution in [-0.2, 0) is 14.8 Å². The number of nitrogens with two attached hydrogens (primary N) is 1. The van der Waals surface area contributed by atoms with Crippen molar-refractivity contribution < 1.29 is 22.4 Å². The standard InChI is InChI=1S/C22H21N3O5S/c1-4-29-22(26)20-14(3)30-19-10-9-16(11-17(19)20)31(27,28)25-12-18(21(23)24-25)15-7-5-13(2)6-8-15/h5-12H,4H2,1-3H3,(H2,23,24). The second-order valence-corrected chi connectivity index (χ2v) is 8.88. The molecule has 0 unspecified atom stereocenters. The molecule has 160 valence electrons. The monoisotopic (exact) mass is 439 g/mol. The van der Waals surface area contributed by atoms with Crippen molar-refractivity contribution in [2.45, 2.75) is 25.7 Å². The molecule has 4 rings (SSSR count). The Morgan fingerprint density at radius 2 is 1.87 bits per heavy atom. The Bertz CT molecular complexity index is 1400. The van der Waals surface area contributed by atoms with Gasteiger partial charge in [-0.2, -0.15) is 12.5 Å². The number of furan rings is 1. The van der Waals surface area contributed by atoms with Gasteiger partial charge in [-0.15, -0.1) is 5.10 Å². The van der Waals surface area contributed by atoms with Crippen molar-refractivity contribution in [1.82, 2.24) is 9.19 Å². The van der Waals surface area contributed by atoms with Crippen molar-refractivity contribution in [2.75, 3.05) is 12.3 Å². The molecule has 2 aromatic carbocycles. The number of aromatic nitrogens is 2. The van der Waals surface area contributed by atoms with Crippen LogP contribution < -0.4 is 5.73 Å². The summed E-state index contributed by atoms with van der Waals surface area (Å²) in [5.74, 6) is -0.119. The predicted octanol–water partition coefficient (Wildman–Crippen LogP) is 3.91. The zero-order valence-corrected chi connectivity index (χ0v) is 18.1. The van der Waals surface area contributed by atoms with E-state index in [2.05, 4.69) is 5.10 Å². The van der Waals surface area contributed by atoms with Crippen LogP contribution in [0.4, 0.5) is 5.82 Å². The number of esters is 1. The lowest BCUT2D eigenvalue weighted by Crippen LogP contribution is -2.14. The van der Waals surface area contributed by atoms with Gasteiger partial charge in [0.15, 0.2) is 5.82 Å². The van der Waals surface area contributed by atoms with Crippen molar-refractivity contribution in [3.8, 4) is 11.1 Å². The number of nitrogens with zero attached hydrogens (tertiary/aromatic N) is 2. The summed E-state index contributed by atoms with van der Waals surface area (Å²) in [4.78, 5) is 12.3. The first-order valence-corrected chi connectivity index (χ1v) is 11.0. The van der Waals surface area contributed by atoms with Crippen LogP contribution in [0.15, 0.2) is 58.0 Å². The van der Waals surface area contributed by atoms with Crippen LogP contribution in [0.3, 0.4) is 0 Å². The van der Waals surface area contributed by atoms with Crippen LogP contribution in [0.2, 0.25) is 0 Å². The number of nitrogen functional groups attached to an aromatic ring is 1. The fourth-order valence-electron chi connectivity index (χ4n) is 3.37. The fourth-order valence-corrected chi connectivity index (χ4v) is 4.53. The average Bonchev–Trinajstić information content (AvgIpc) is 3.28. The van der Waals surface area contributed by atoms with Gasteiger partial charge in [0.2, 0.25) is 0 Å². The summed E-state index contributed by atoms with van der Waals surface area (Å²) in [6.07, 6.45) is 1.38. The molecule has 2 heterocycles. The number of fused-ring (bicyclic) bond motifs is 1. The number of hydrogen-bond donors (Lipinski definition) is 1. The number of carbonyl (C=O) groups is 1. The van der Waals surface area contributed by atoms with Crippen molar-refractivity contribution in [3.63, 3.8) is 0 Å². The maximum atomic E-state index is 13.2. The summed E-state index contributed by atoms with van der Waals surface area (Å²) in [5, 5.41) is 4.38. The van der Waals surface area contributed by atoms with Gasteiger partial charge < -0.3 is 14.9 Å². The van der Waals surface area contributed by atoms with Gasteiger partial charge >= 0.3 is 5.97 Å². The Kier molecular flexibility index (Phi) is 5.06. The summed E-state index contributed by atoms with van der Waals surface area (Å²) < 4.78 is 38.0. The van der Waals surface area contributed by atoms with E-state index in [1.165, 1.54) is 24.4 Å². The Hall–Kier alpha value is -3.59. The second-order valence-electron chi connectivity index (χ2n) is 7.08. The largest absolute Gasteiger partial charge is 0.462 e. The number of ether oxygens (including phenoxy) is 1. The molecule has 0 saturated heterocycles. The predicted molar refractivity (Wildman–Crippen MR) is 116 cm³/mol. The zero-order chi connectivity index (χ0) is 22.3. The minimum Gasteiger partial charge on any atom is -0.462 e. The van der Waals surface area contributed by atoms with Crippen molar-refractivity contribution in [2.24, 2.45) is 0 Å². The molecule has 0 saturated carbocycles. The summed E-state index contributed by atoms with van der Waals surface area (Å²) in [6, 6.07) is 11.8. The van der Waals surface area contributed by atoms with Crippen molar-refractivity contribution in [3.05, 3.63) is 65.5 Å². The molecule has 31 heavy (non-hydrogen) atoms. The molecule has 0 bridgehead atoms. The van der Waals surface area contributed by atoms with Crippen LogP contribution in [0.1, 0.15) is 28.6 Å². The van der Waals surface area contributed by atoms with Gasteiger partial charge in [0.05, 0.1) is 17.7 Å². The Morgan fingerprint density at radius 3 is 2.55 bits per heavy atom. The van der Waals surface area contributed by atoms with E-state index in [0.29, 0.717) is 22.3 Å². The van der Waals surface area contributed by atoms with Gasteiger partial charge in [-0.25, -0.2) is 4.79 Å². The fraction of sp³-hybridized carbons (Fsp3) is 0.182. The molecule has 0 aliphatic carbocycles. The molecule has 4 aromatic rings. The van der Waals surface area contributed by atoms with E-state index >= 15 is 0 Å². The van der Waals surface area contributed by atoms with Gasteiger partial charge in [0.25, 0.3) is 10.0 Å². The highest BCUT2D eigenvalue weighted by molar-refractivity contribution is 7.89. The molecule has 0 amide bonds. The molecule has 0 fully saturated rings. The van der Waals surface area contributed by atoms with E-state index in [4.69, 9.17) is 14.9 Å². The molecule has 8 nitrogen and oxygen atoms in total. The van der Waals surface area contributed by atoms with Crippen LogP contribution in [0.5, 0.6) is 0 Å². The van der Waals surface area contributed by atoms with E-state index in [0.717, 1.165) is 15.2 Å². The van der Waals surface area contributed by atoms with Gasteiger partial charge in [-0.05, 0) is 44.5 Å². The summed E-state index contributed by atoms with van der Waals surface area (Å²) in [7, 11) is -4.06. The van der Waals surface area contributed by atoms with Crippen molar-refractivity contribution >= 4 is 32.8 Å². The van der Waals surface area contributed by atoms with Gasteiger partial charge in [0, 0.05) is 10.9 Å². The van der Waals surface area contributed by atoms with E-state index in [1.807, 2.05) is 31.2 Å². The second kappa shape index (κ2) is 7.59. The SMILES string of the molecule is CCOC(=O)c1c(C)oc2ccc(S(=O)(=O)n3cc(-c4ccc(C)cc4)c(N)n3)cc12. The first-order chi connectivity index (χ1) is 14.7. The molecular weight excluding hydrogens is 418 g/mol. The lowest BCUT2D eigenvalue weighted by Gasteiger charge is -2.05. The molecule has 2 aromatic heterocycles. The van der Waals surface area contributed by atoms with Crippen LogP contribution in [0.25, 0.3) is 22.1 Å². The van der Waals surface area contributed by atoms with E-state index < -0.39 is 16.0 Å². The third-order valence-electron chi connectivity index (χ3n) is 4.94. The zero-order valence-electron chi connectivity index (χ0n) is 17.2. The molecule has 0 atom stereocenters. The number of aryl methyl sites for hydroxylation is 2. The number of hydrogen-bond acceptors (Lipinski definition) is 7. The smallest absolute Gasteiger partial charge is 0.342 e. The summed E-state index contributed by atoms with van der Waals surface area (Å²) in [5.41, 5.74) is 8.94. The van der Waals surface area contributed by atoms with Crippen LogP contribution >= 0.6 is 0 Å². The summed E-state index contributed by atoms with van der Waals surface area (Å²) >= 11 is 0. The maximum Gasteiger partial charge on any atom is 0.342 e. The van der Waals surface area contributed by atoms with E-state index in [1.54, 1.807) is 13.8 Å². The minimum atomic E-state index is -4.06. The van der Waals surface area contributed by atoms with E-state index in [-0.39, 0.29) is 22.9 Å². The van der Waals surface area contributed by atoms with E-state index in [9.17, 15) is 13.2 Å². The Labute approximate surface area is 179 Å². The molecule has 0 aliphatic heterocycles. The van der Waals surface area contributed by atoms with Crippen LogP contribution in [-0.4, -0.2) is 30.2 Å². The molecule has 0 aliphatic rings. The Morgan fingerprint density at radius 1 is 1.16 bits per heavy atom. The van der Waals surface area contributed by atoms with Gasteiger partial charge in [-0.3, -0.25) is 0 Å². The third-order valence-corrected chi connectivity index (χ3v) is 6.47. The van der Waals surface area contributed by atoms with Crippen molar-refractivity contribution in [1.29, 1.82) is 0 Å². The molecule has 9 heteroatoms. The number of rotatable bonds is 5. The maximum absolute atomic E-state index is 13.2. The number of carbonyl (C=O) groups excluding carboxylic acids is 1. The highest BCUT2D eigenvalue weighted by Gasteiger charge is 2.25. The summed E-state index contributed by atoms with van der Waals surface area (Å²) in [6.45, 7) is 5.47. The first-order valence-electron chi connectivity index (χ1n) is 9.60. The average molecular weight is 439 g/mol. The number of anilines is 1. The quantitative estimate of drug-likeness (QED) is 0.468. The topological polar surface area (TPSA) is 117 Å². The van der Waals surface area contributed by atoms with Gasteiger partial charge in [0.1, 0.15) is 16.9 Å². The first kappa shape index (κ1) is 20.7. The molecule has 0 radical (unpaired) electrons. The molecular formula is C22H21N3O5S. The molecule has 2 N–H and O–H groups in total. The highest BCUT2D eigenvalue weighted by atomic mass is 32.2. The number of benzene rings is 2. The Balaban J connectivity index is 1.80. The highest BCUT2D eigenvalue weighted by Crippen LogP contribution is 2.31. The van der Waals surface area contributed by atoms with Crippen LogP contribution in [0, 0.1) is 13.8 Å². The molecule has 0 spiro atoms. The lowest BCUT2D eigenvalue weighted by atomic mass is 10.1. The normalized spacial score (nSPS) is 11.7.